The van der Waals surface area contributed by atoms with Crippen LogP contribution >= 0.6 is 0 Å². The molecule has 6 nitrogen and oxygen atoms in total. The van der Waals surface area contributed by atoms with Crippen molar-refractivity contribution in [2.45, 2.75) is 44.1 Å². The number of amides is 3. The lowest BCUT2D eigenvalue weighted by molar-refractivity contribution is -0.118. The first-order chi connectivity index (χ1) is 12.4. The third kappa shape index (κ3) is 2.35. The zero-order chi connectivity index (χ0) is 18.1. The van der Waals surface area contributed by atoms with Crippen molar-refractivity contribution in [1.82, 2.24) is 4.90 Å². The molecular weight excluding hydrogens is 330 g/mol. The van der Waals surface area contributed by atoms with E-state index in [9.17, 15) is 14.4 Å². The molecule has 4 fully saturated rings. The molecule has 1 aromatic carbocycles. The average molecular weight is 353 g/mol. The highest BCUT2D eigenvalue weighted by molar-refractivity contribution is 6.22. The Balaban J connectivity index is 1.41. The Bertz CT molecular complexity index is 796. The molecule has 5 aliphatic rings. The second-order valence-electron chi connectivity index (χ2n) is 8.75. The largest absolute Gasteiger partial charge is 0.380 e. The Kier molecular flexibility index (Phi) is 3.24. The summed E-state index contributed by atoms with van der Waals surface area (Å²) < 4.78 is 0. The summed E-state index contributed by atoms with van der Waals surface area (Å²) in [7, 11) is 0. The summed E-state index contributed by atoms with van der Waals surface area (Å²) in [5.74, 6) is 0.932. The third-order valence-corrected chi connectivity index (χ3v) is 6.73. The first-order valence-electron chi connectivity index (χ1n) is 9.49. The van der Waals surface area contributed by atoms with Crippen molar-refractivity contribution in [3.8, 4) is 0 Å². The lowest BCUT2D eigenvalue weighted by Gasteiger charge is -2.57. The Morgan fingerprint density at radius 3 is 2.19 bits per heavy atom. The standard InChI is InChI=1S/C20H23N3O3/c21-17(24)10-23-18(25)15-2-1-14(6-16(15)19(23)26)22-20-7-11-3-12(8-20)5-13(4-11)9-20/h1-2,6,11-13,22H,3-5,7-10H2,(H2,21,24). The zero-order valence-electron chi connectivity index (χ0n) is 14.7. The number of rotatable bonds is 4. The summed E-state index contributed by atoms with van der Waals surface area (Å²) in [6.07, 6.45) is 7.74. The summed E-state index contributed by atoms with van der Waals surface area (Å²) in [4.78, 5) is 36.9. The number of nitrogens with two attached hydrogens (primary N) is 1. The van der Waals surface area contributed by atoms with Crippen LogP contribution in [-0.2, 0) is 4.79 Å². The van der Waals surface area contributed by atoms with Gasteiger partial charge in [0.05, 0.1) is 11.1 Å². The molecule has 4 saturated carbocycles. The Labute approximate surface area is 152 Å². The fourth-order valence-electron chi connectivity index (χ4n) is 6.24. The molecule has 1 aromatic rings. The molecule has 0 radical (unpaired) electrons. The predicted octanol–water partition coefficient (Wildman–Crippen LogP) is 2.15. The second kappa shape index (κ2) is 5.32. The van der Waals surface area contributed by atoms with E-state index in [0.29, 0.717) is 11.1 Å². The summed E-state index contributed by atoms with van der Waals surface area (Å²) in [5, 5.41) is 3.73. The van der Waals surface area contributed by atoms with Crippen LogP contribution in [0.3, 0.4) is 0 Å². The van der Waals surface area contributed by atoms with Crippen molar-refractivity contribution in [3.63, 3.8) is 0 Å². The molecule has 3 amide bonds. The summed E-state index contributed by atoms with van der Waals surface area (Å²) in [6.45, 7) is -0.371. The number of nitrogens with zero attached hydrogens (tertiary/aromatic N) is 1. The minimum Gasteiger partial charge on any atom is -0.380 e. The van der Waals surface area contributed by atoms with Gasteiger partial charge >= 0.3 is 0 Å². The topological polar surface area (TPSA) is 92.5 Å². The smallest absolute Gasteiger partial charge is 0.262 e. The van der Waals surface area contributed by atoms with Crippen LogP contribution in [0.25, 0.3) is 0 Å². The fraction of sp³-hybridized carbons (Fsp3) is 0.550. The van der Waals surface area contributed by atoms with Crippen molar-refractivity contribution < 1.29 is 14.4 Å². The van der Waals surface area contributed by atoms with Gasteiger partial charge in [-0.2, -0.15) is 0 Å². The molecule has 1 heterocycles. The number of hydrogen-bond donors (Lipinski definition) is 2. The van der Waals surface area contributed by atoms with Gasteiger partial charge < -0.3 is 11.1 Å². The van der Waals surface area contributed by atoms with Crippen LogP contribution in [0.5, 0.6) is 0 Å². The van der Waals surface area contributed by atoms with E-state index in [-0.39, 0.29) is 12.1 Å². The molecule has 0 spiro atoms. The molecule has 6 heteroatoms. The Morgan fingerprint density at radius 2 is 1.62 bits per heavy atom. The van der Waals surface area contributed by atoms with Crippen LogP contribution in [0.4, 0.5) is 5.69 Å². The molecule has 26 heavy (non-hydrogen) atoms. The van der Waals surface area contributed by atoms with Crippen LogP contribution in [0.2, 0.25) is 0 Å². The Hall–Kier alpha value is -2.37. The third-order valence-electron chi connectivity index (χ3n) is 6.73. The van der Waals surface area contributed by atoms with Crippen LogP contribution in [0.1, 0.15) is 59.2 Å². The van der Waals surface area contributed by atoms with Gasteiger partial charge in [-0.1, -0.05) is 0 Å². The van der Waals surface area contributed by atoms with Crippen molar-refractivity contribution in [1.29, 1.82) is 0 Å². The number of imide groups is 1. The number of carbonyl (C=O) groups excluding carboxylic acids is 3. The van der Waals surface area contributed by atoms with Crippen LogP contribution in [0, 0.1) is 17.8 Å². The maximum atomic E-state index is 12.5. The number of benzene rings is 1. The molecule has 0 atom stereocenters. The van der Waals surface area contributed by atoms with Gasteiger partial charge in [-0.15, -0.1) is 0 Å². The van der Waals surface area contributed by atoms with Gasteiger partial charge in [0.25, 0.3) is 11.8 Å². The molecule has 136 valence electrons. The van der Waals surface area contributed by atoms with Gasteiger partial charge in [-0.25, -0.2) is 0 Å². The van der Waals surface area contributed by atoms with Gasteiger partial charge in [-0.3, -0.25) is 19.3 Å². The number of primary amides is 1. The van der Waals surface area contributed by atoms with Crippen molar-refractivity contribution in [3.05, 3.63) is 29.3 Å². The summed E-state index contributed by atoms with van der Waals surface area (Å²) >= 11 is 0. The van der Waals surface area contributed by atoms with E-state index in [0.717, 1.165) is 28.3 Å². The molecule has 0 unspecified atom stereocenters. The van der Waals surface area contributed by atoms with Gasteiger partial charge in [-0.05, 0) is 74.5 Å². The second-order valence-corrected chi connectivity index (χ2v) is 8.75. The van der Waals surface area contributed by atoms with Crippen LogP contribution < -0.4 is 11.1 Å². The van der Waals surface area contributed by atoms with Crippen molar-refractivity contribution in [2.75, 3.05) is 11.9 Å². The molecular formula is C20H23N3O3. The molecule has 0 aromatic heterocycles. The van der Waals surface area contributed by atoms with Gasteiger partial charge in [0.1, 0.15) is 6.54 Å². The number of hydrogen-bond acceptors (Lipinski definition) is 4. The van der Waals surface area contributed by atoms with Crippen LogP contribution in [-0.4, -0.2) is 34.7 Å². The first kappa shape index (κ1) is 15.9. The van der Waals surface area contributed by atoms with Crippen LogP contribution in [0.15, 0.2) is 18.2 Å². The monoisotopic (exact) mass is 353 g/mol. The summed E-state index contributed by atoms with van der Waals surface area (Å²) in [5.41, 5.74) is 6.92. The van der Waals surface area contributed by atoms with Gasteiger partial charge in [0.15, 0.2) is 0 Å². The lowest BCUT2D eigenvalue weighted by Crippen LogP contribution is -2.54. The van der Waals surface area contributed by atoms with E-state index in [2.05, 4.69) is 5.32 Å². The summed E-state index contributed by atoms with van der Waals surface area (Å²) in [6, 6.07) is 5.35. The lowest BCUT2D eigenvalue weighted by atomic mass is 9.53. The normalized spacial score (nSPS) is 34.3. The van der Waals surface area contributed by atoms with E-state index in [1.165, 1.54) is 38.5 Å². The average Bonchev–Trinajstić information content (AvgIpc) is 2.77. The van der Waals surface area contributed by atoms with E-state index in [4.69, 9.17) is 5.73 Å². The number of anilines is 1. The number of carbonyl (C=O) groups is 3. The molecule has 1 aliphatic heterocycles. The molecule has 3 N–H and O–H groups in total. The Morgan fingerprint density at radius 1 is 1.04 bits per heavy atom. The zero-order valence-corrected chi connectivity index (χ0v) is 14.7. The van der Waals surface area contributed by atoms with E-state index < -0.39 is 17.7 Å². The quantitative estimate of drug-likeness (QED) is 0.811. The first-order valence-corrected chi connectivity index (χ1v) is 9.49. The fourth-order valence-corrected chi connectivity index (χ4v) is 6.24. The SMILES string of the molecule is NC(=O)CN1C(=O)c2ccc(NC34CC5CC(CC(C5)C3)C4)cc2C1=O. The molecule has 4 bridgehead atoms. The maximum Gasteiger partial charge on any atom is 0.262 e. The molecule has 4 aliphatic carbocycles. The number of nitrogens with one attached hydrogen (secondary N) is 1. The highest BCUT2D eigenvalue weighted by Gasteiger charge is 2.51. The van der Waals surface area contributed by atoms with E-state index >= 15 is 0 Å². The minimum absolute atomic E-state index is 0.140. The minimum atomic E-state index is -0.688. The molecule has 6 rings (SSSR count). The predicted molar refractivity (Wildman–Crippen MR) is 95.5 cm³/mol. The van der Waals surface area contributed by atoms with E-state index in [1.807, 2.05) is 6.07 Å². The highest BCUT2D eigenvalue weighted by atomic mass is 16.2. The van der Waals surface area contributed by atoms with E-state index in [1.54, 1.807) is 12.1 Å². The molecule has 0 saturated heterocycles. The van der Waals surface area contributed by atoms with Gasteiger partial charge in [0.2, 0.25) is 5.91 Å². The van der Waals surface area contributed by atoms with Gasteiger partial charge in [0, 0.05) is 11.2 Å². The van der Waals surface area contributed by atoms with Crippen molar-refractivity contribution >= 4 is 23.4 Å². The number of fused-ring (bicyclic) bond motifs is 1. The highest BCUT2D eigenvalue weighted by Crippen LogP contribution is 2.56. The van der Waals surface area contributed by atoms with Crippen molar-refractivity contribution in [2.24, 2.45) is 23.5 Å². The maximum absolute atomic E-state index is 12.5.